The fourth-order valence-corrected chi connectivity index (χ4v) is 1.79. The van der Waals surface area contributed by atoms with Gasteiger partial charge in [0, 0.05) is 28.9 Å². The molecular formula is C12H10ClN3O3. The van der Waals surface area contributed by atoms with Crippen molar-refractivity contribution in [3.8, 4) is 0 Å². The summed E-state index contributed by atoms with van der Waals surface area (Å²) in [6.45, 7) is 1.86. The van der Waals surface area contributed by atoms with Crippen LogP contribution >= 0.6 is 11.6 Å². The molecule has 6 nitrogen and oxygen atoms in total. The summed E-state index contributed by atoms with van der Waals surface area (Å²) in [4.78, 5) is 25.9. The van der Waals surface area contributed by atoms with E-state index in [1.54, 1.807) is 6.92 Å². The van der Waals surface area contributed by atoms with E-state index in [9.17, 15) is 14.9 Å². The Balaban J connectivity index is 2.40. The first-order chi connectivity index (χ1) is 8.97. The molecule has 2 rings (SSSR count). The monoisotopic (exact) mass is 279 g/mol. The number of nitro groups is 1. The zero-order valence-electron chi connectivity index (χ0n) is 10.0. The maximum absolute atomic E-state index is 11.7. The van der Waals surface area contributed by atoms with Crippen molar-refractivity contribution in [2.75, 3.05) is 0 Å². The highest BCUT2D eigenvalue weighted by Crippen LogP contribution is 2.22. The summed E-state index contributed by atoms with van der Waals surface area (Å²) in [5.74, 6) is 0. The minimum atomic E-state index is -0.504. The molecule has 0 spiro atoms. The van der Waals surface area contributed by atoms with Gasteiger partial charge in [0.05, 0.1) is 17.8 Å². The Kier molecular flexibility index (Phi) is 3.62. The van der Waals surface area contributed by atoms with Crippen molar-refractivity contribution in [1.82, 2.24) is 9.55 Å². The van der Waals surface area contributed by atoms with Crippen molar-refractivity contribution >= 4 is 17.3 Å². The topological polar surface area (TPSA) is 78.0 Å². The molecule has 0 saturated carbocycles. The number of nitro benzene ring substituents is 1. The van der Waals surface area contributed by atoms with Crippen molar-refractivity contribution in [3.05, 3.63) is 67.3 Å². The average molecular weight is 280 g/mol. The molecule has 1 aromatic heterocycles. The Labute approximate surface area is 113 Å². The second-order valence-corrected chi connectivity index (χ2v) is 4.44. The fourth-order valence-electron chi connectivity index (χ4n) is 1.61. The largest absolute Gasteiger partial charge is 0.295 e. The molecule has 0 saturated heterocycles. The van der Waals surface area contributed by atoms with Crippen molar-refractivity contribution < 1.29 is 4.92 Å². The van der Waals surface area contributed by atoms with E-state index >= 15 is 0 Å². The van der Waals surface area contributed by atoms with E-state index in [-0.39, 0.29) is 17.8 Å². The summed E-state index contributed by atoms with van der Waals surface area (Å²) in [7, 11) is 0. The fraction of sp³-hybridized carbons (Fsp3) is 0.167. The van der Waals surface area contributed by atoms with Gasteiger partial charge in [0.15, 0.2) is 0 Å². The zero-order valence-corrected chi connectivity index (χ0v) is 10.8. The maximum atomic E-state index is 11.7. The number of aryl methyl sites for hydroxylation is 1. The van der Waals surface area contributed by atoms with E-state index in [4.69, 9.17) is 11.6 Å². The maximum Gasteiger partial charge on any atom is 0.269 e. The molecule has 98 valence electrons. The average Bonchev–Trinajstić information content (AvgIpc) is 2.34. The number of hydrogen-bond donors (Lipinski definition) is 0. The molecular weight excluding hydrogens is 270 g/mol. The quantitative estimate of drug-likeness (QED) is 0.637. The van der Waals surface area contributed by atoms with Crippen LogP contribution in [0.5, 0.6) is 0 Å². The molecule has 0 N–H and O–H groups in total. The van der Waals surface area contributed by atoms with Crippen LogP contribution in [0.15, 0.2) is 35.4 Å². The molecule has 7 heteroatoms. The van der Waals surface area contributed by atoms with Gasteiger partial charge in [0.25, 0.3) is 11.2 Å². The summed E-state index contributed by atoms with van der Waals surface area (Å²) in [6.07, 6.45) is 1.40. The molecule has 0 fully saturated rings. The zero-order chi connectivity index (χ0) is 14.0. The van der Waals surface area contributed by atoms with Gasteiger partial charge >= 0.3 is 0 Å². The van der Waals surface area contributed by atoms with Crippen molar-refractivity contribution in [3.63, 3.8) is 0 Å². The highest BCUT2D eigenvalue weighted by molar-refractivity contribution is 6.31. The summed E-state index contributed by atoms with van der Waals surface area (Å²) in [6, 6.07) is 5.52. The van der Waals surface area contributed by atoms with Crippen LogP contribution in [-0.4, -0.2) is 14.5 Å². The number of halogens is 1. The van der Waals surface area contributed by atoms with Gasteiger partial charge in [-0.15, -0.1) is 0 Å². The smallest absolute Gasteiger partial charge is 0.269 e. The molecule has 0 radical (unpaired) electrons. The molecule has 0 unspecified atom stereocenters. The molecule has 1 heterocycles. The lowest BCUT2D eigenvalue weighted by Gasteiger charge is -2.07. The third-order valence-electron chi connectivity index (χ3n) is 2.60. The Bertz CT molecular complexity index is 697. The molecule has 0 aliphatic carbocycles. The van der Waals surface area contributed by atoms with Gasteiger partial charge in [0.2, 0.25) is 0 Å². The van der Waals surface area contributed by atoms with Crippen LogP contribution in [0.4, 0.5) is 5.69 Å². The minimum absolute atomic E-state index is 0.0625. The number of nitrogens with zero attached hydrogens (tertiary/aromatic N) is 3. The standard InChI is InChI=1S/C12H10ClN3O3/c1-8-4-12(17)15(7-14-8)6-9-5-10(16(18)19)2-3-11(9)13/h2-5,7H,6H2,1H3. The minimum Gasteiger partial charge on any atom is -0.295 e. The van der Waals surface area contributed by atoms with Gasteiger partial charge in [-0.3, -0.25) is 19.5 Å². The first-order valence-electron chi connectivity index (χ1n) is 5.43. The number of benzene rings is 1. The number of hydrogen-bond acceptors (Lipinski definition) is 4. The highest BCUT2D eigenvalue weighted by atomic mass is 35.5. The first-order valence-corrected chi connectivity index (χ1v) is 5.81. The number of aromatic nitrogens is 2. The van der Waals surface area contributed by atoms with E-state index in [0.29, 0.717) is 16.3 Å². The predicted octanol–water partition coefficient (Wildman–Crippen LogP) is 2.16. The van der Waals surface area contributed by atoms with Crippen LogP contribution in [-0.2, 0) is 6.54 Å². The van der Waals surface area contributed by atoms with Gasteiger partial charge in [-0.2, -0.15) is 0 Å². The molecule has 0 bridgehead atoms. The van der Waals surface area contributed by atoms with Crippen LogP contribution in [0.25, 0.3) is 0 Å². The molecule has 0 atom stereocenters. The van der Waals surface area contributed by atoms with Gasteiger partial charge in [-0.25, -0.2) is 4.98 Å². The second-order valence-electron chi connectivity index (χ2n) is 4.03. The Morgan fingerprint density at radius 1 is 1.42 bits per heavy atom. The normalized spacial score (nSPS) is 10.4. The van der Waals surface area contributed by atoms with Gasteiger partial charge < -0.3 is 0 Å². The summed E-state index contributed by atoms with van der Waals surface area (Å²) >= 11 is 5.98. The molecule has 2 aromatic rings. The lowest BCUT2D eigenvalue weighted by molar-refractivity contribution is -0.384. The lowest BCUT2D eigenvalue weighted by Crippen LogP contribution is -2.20. The van der Waals surface area contributed by atoms with E-state index < -0.39 is 4.92 Å². The van der Waals surface area contributed by atoms with E-state index in [1.165, 1.54) is 35.2 Å². The highest BCUT2D eigenvalue weighted by Gasteiger charge is 2.10. The SMILES string of the molecule is Cc1cc(=O)n(Cc2cc([N+](=O)[O-])ccc2Cl)cn1. The van der Waals surface area contributed by atoms with Crippen molar-refractivity contribution in [1.29, 1.82) is 0 Å². The number of non-ortho nitro benzene ring substituents is 1. The van der Waals surface area contributed by atoms with Crippen LogP contribution in [0.3, 0.4) is 0 Å². The first kappa shape index (κ1) is 13.2. The van der Waals surface area contributed by atoms with E-state index in [2.05, 4.69) is 4.98 Å². The summed E-state index contributed by atoms with van der Waals surface area (Å²) < 4.78 is 1.35. The van der Waals surface area contributed by atoms with E-state index in [1.807, 2.05) is 0 Å². The third kappa shape index (κ3) is 2.97. The molecule has 19 heavy (non-hydrogen) atoms. The van der Waals surface area contributed by atoms with Gasteiger partial charge in [0.1, 0.15) is 0 Å². The van der Waals surface area contributed by atoms with Crippen LogP contribution in [0, 0.1) is 17.0 Å². The van der Waals surface area contributed by atoms with Crippen molar-refractivity contribution in [2.45, 2.75) is 13.5 Å². The molecule has 0 amide bonds. The Morgan fingerprint density at radius 3 is 2.79 bits per heavy atom. The summed E-state index contributed by atoms with van der Waals surface area (Å²) in [5, 5.41) is 11.1. The van der Waals surface area contributed by atoms with Gasteiger partial charge in [-0.05, 0) is 18.6 Å². The summed E-state index contributed by atoms with van der Waals surface area (Å²) in [5.41, 5.74) is 0.831. The molecule has 0 aliphatic rings. The number of rotatable bonds is 3. The van der Waals surface area contributed by atoms with Crippen molar-refractivity contribution in [2.24, 2.45) is 0 Å². The lowest BCUT2D eigenvalue weighted by atomic mass is 10.2. The van der Waals surface area contributed by atoms with Crippen LogP contribution < -0.4 is 5.56 Å². The van der Waals surface area contributed by atoms with Crippen LogP contribution in [0.2, 0.25) is 5.02 Å². The third-order valence-corrected chi connectivity index (χ3v) is 2.97. The van der Waals surface area contributed by atoms with Crippen LogP contribution in [0.1, 0.15) is 11.3 Å². The Morgan fingerprint density at radius 2 is 2.16 bits per heavy atom. The van der Waals surface area contributed by atoms with Gasteiger partial charge in [-0.1, -0.05) is 11.6 Å². The second kappa shape index (κ2) is 5.19. The molecule has 1 aromatic carbocycles. The molecule has 0 aliphatic heterocycles. The Hall–Kier alpha value is -2.21. The van der Waals surface area contributed by atoms with E-state index in [0.717, 1.165) is 0 Å². The predicted molar refractivity (Wildman–Crippen MR) is 70.4 cm³/mol.